The van der Waals surface area contributed by atoms with E-state index in [0.29, 0.717) is 0 Å². The first-order valence-electron chi connectivity index (χ1n) is 6.32. The number of carbonyl (C=O) groups is 3. The summed E-state index contributed by atoms with van der Waals surface area (Å²) in [7, 11) is -3.68. The molecule has 2 saturated heterocycles. The second-order valence-corrected chi connectivity index (χ2v) is 8.29. The quantitative estimate of drug-likeness (QED) is 0.238. The molecule has 0 aromatic rings. The van der Waals surface area contributed by atoms with Gasteiger partial charge in [0.25, 0.3) is 0 Å². The van der Waals surface area contributed by atoms with Gasteiger partial charge >= 0.3 is 12.1 Å². The third-order valence-corrected chi connectivity index (χ3v) is 6.73. The number of alkyl halides is 1. The fraction of sp³-hybridized carbons (Fsp3) is 0.727. The Morgan fingerprint density at radius 3 is 2.59 bits per heavy atom. The minimum atomic E-state index is -3.68. The second-order valence-electron chi connectivity index (χ2n) is 5.33. The minimum Gasteiger partial charge on any atom is -0.426 e. The molecule has 2 aliphatic heterocycles. The number of rotatable bonds is 4. The predicted molar refractivity (Wildman–Crippen MR) is 73.3 cm³/mol. The third-order valence-electron chi connectivity index (χ3n) is 3.80. The molecule has 11 heteroatoms. The third kappa shape index (κ3) is 2.39. The van der Waals surface area contributed by atoms with Crippen LogP contribution in [0.25, 0.3) is 0 Å². The number of fused-ring (bicyclic) bond motifs is 1. The number of sulfone groups is 1. The van der Waals surface area contributed by atoms with E-state index in [-0.39, 0.29) is 12.4 Å². The van der Waals surface area contributed by atoms with Gasteiger partial charge in [-0.15, -0.1) is 11.6 Å². The standard InChI is InChI=1S/C11H15ClN2O7S/c1-11(2)8(9(16)20-5-21-10(17)13-4-12)14-6(15)3-7(14)22(11,18)19/h7-8H,3-5H2,1-2H3,(H,13,17)/t7-,8+/m1/s1. The fourth-order valence-corrected chi connectivity index (χ4v) is 4.77. The normalized spacial score (nSPS) is 27.6. The lowest BCUT2D eigenvalue weighted by Crippen LogP contribution is -2.57. The number of hydrogen-bond acceptors (Lipinski definition) is 7. The lowest BCUT2D eigenvalue weighted by atomic mass is 9.98. The number of carbonyl (C=O) groups excluding carboxylic acids is 3. The van der Waals surface area contributed by atoms with Crippen molar-refractivity contribution in [2.24, 2.45) is 0 Å². The van der Waals surface area contributed by atoms with Crippen LogP contribution in [0, 0.1) is 0 Å². The summed E-state index contributed by atoms with van der Waals surface area (Å²) < 4.78 is 32.4. The molecule has 0 bridgehead atoms. The van der Waals surface area contributed by atoms with Gasteiger partial charge in [-0.25, -0.2) is 18.0 Å². The van der Waals surface area contributed by atoms with Gasteiger partial charge in [0, 0.05) is 0 Å². The van der Waals surface area contributed by atoms with Gasteiger partial charge < -0.3 is 19.7 Å². The van der Waals surface area contributed by atoms with E-state index < -0.39 is 50.8 Å². The van der Waals surface area contributed by atoms with Crippen LogP contribution in [0.3, 0.4) is 0 Å². The highest BCUT2D eigenvalue weighted by Gasteiger charge is 2.68. The zero-order chi connectivity index (χ0) is 16.7. The minimum absolute atomic E-state index is 0.135. The van der Waals surface area contributed by atoms with Gasteiger partial charge in [-0.2, -0.15) is 0 Å². The highest BCUT2D eigenvalue weighted by molar-refractivity contribution is 7.93. The van der Waals surface area contributed by atoms with Crippen molar-refractivity contribution in [2.75, 3.05) is 12.8 Å². The van der Waals surface area contributed by atoms with Gasteiger partial charge in [0.05, 0.1) is 17.2 Å². The van der Waals surface area contributed by atoms with Crippen LogP contribution in [0.15, 0.2) is 0 Å². The van der Waals surface area contributed by atoms with E-state index in [0.717, 1.165) is 4.90 Å². The van der Waals surface area contributed by atoms with Crippen molar-refractivity contribution in [1.82, 2.24) is 10.2 Å². The Labute approximate surface area is 131 Å². The molecule has 0 spiro atoms. The van der Waals surface area contributed by atoms with E-state index in [1.807, 2.05) is 0 Å². The molecule has 2 atom stereocenters. The number of esters is 1. The molecule has 0 saturated carbocycles. The first kappa shape index (κ1) is 16.8. The topological polar surface area (TPSA) is 119 Å². The van der Waals surface area contributed by atoms with Crippen LogP contribution in [-0.4, -0.2) is 60.2 Å². The molecular weight excluding hydrogens is 340 g/mol. The summed E-state index contributed by atoms with van der Waals surface area (Å²) in [5.74, 6) is -1.37. The van der Waals surface area contributed by atoms with Gasteiger partial charge in [0.15, 0.2) is 9.84 Å². The molecular formula is C11H15ClN2O7S. The number of hydrogen-bond donors (Lipinski definition) is 1. The first-order chi connectivity index (χ1) is 10.1. The van der Waals surface area contributed by atoms with Crippen molar-refractivity contribution in [2.45, 2.75) is 36.4 Å². The first-order valence-corrected chi connectivity index (χ1v) is 8.40. The predicted octanol–water partition coefficient (Wildman–Crippen LogP) is -0.456. The molecule has 22 heavy (non-hydrogen) atoms. The molecule has 2 aliphatic rings. The summed E-state index contributed by atoms with van der Waals surface area (Å²) in [5, 5.41) is 1.11. The van der Waals surface area contributed by atoms with Gasteiger partial charge in [0.2, 0.25) is 12.7 Å². The average Bonchev–Trinajstić information content (AvgIpc) is 2.53. The number of alkyl carbamates (subject to hydrolysis) is 1. The molecule has 1 N–H and O–H groups in total. The molecule has 0 aromatic carbocycles. The number of β-lactam (4-membered cyclic amide) rings is 1. The van der Waals surface area contributed by atoms with Crippen molar-refractivity contribution in [3.05, 3.63) is 0 Å². The summed E-state index contributed by atoms with van der Waals surface area (Å²) in [6, 6.07) is -1.44. The largest absolute Gasteiger partial charge is 0.426 e. The number of ether oxygens (including phenoxy) is 2. The zero-order valence-corrected chi connectivity index (χ0v) is 13.4. The van der Waals surface area contributed by atoms with Gasteiger partial charge in [-0.05, 0) is 13.8 Å². The summed E-state index contributed by atoms with van der Waals surface area (Å²) in [4.78, 5) is 35.7. The van der Waals surface area contributed by atoms with Gasteiger partial charge in [0.1, 0.15) is 11.4 Å². The maximum absolute atomic E-state index is 12.3. The summed E-state index contributed by atoms with van der Waals surface area (Å²) in [5.41, 5.74) is 0. The van der Waals surface area contributed by atoms with E-state index >= 15 is 0 Å². The van der Waals surface area contributed by atoms with Crippen molar-refractivity contribution in [3.8, 4) is 0 Å². The van der Waals surface area contributed by atoms with Crippen molar-refractivity contribution < 1.29 is 32.3 Å². The number of halogens is 1. The Balaban J connectivity index is 2.06. The maximum Gasteiger partial charge on any atom is 0.410 e. The Bertz CT molecular complexity index is 618. The van der Waals surface area contributed by atoms with Crippen LogP contribution in [-0.2, 0) is 28.9 Å². The van der Waals surface area contributed by atoms with E-state index in [2.05, 4.69) is 10.1 Å². The van der Waals surface area contributed by atoms with Crippen molar-refractivity contribution >= 4 is 39.4 Å². The molecule has 2 rings (SSSR count). The molecule has 0 radical (unpaired) electrons. The van der Waals surface area contributed by atoms with Crippen LogP contribution in [0.2, 0.25) is 0 Å². The molecule has 0 aromatic heterocycles. The lowest BCUT2D eigenvalue weighted by Gasteiger charge is -2.36. The van der Waals surface area contributed by atoms with E-state index in [9.17, 15) is 22.8 Å². The van der Waals surface area contributed by atoms with E-state index in [4.69, 9.17) is 16.3 Å². The van der Waals surface area contributed by atoms with Crippen molar-refractivity contribution in [1.29, 1.82) is 0 Å². The Hall–Kier alpha value is -1.55. The van der Waals surface area contributed by atoms with Gasteiger partial charge in [-0.1, -0.05) is 0 Å². The van der Waals surface area contributed by atoms with Crippen molar-refractivity contribution in [3.63, 3.8) is 0 Å². The molecule has 0 aliphatic carbocycles. The number of nitrogens with zero attached hydrogens (tertiary/aromatic N) is 1. The number of amides is 2. The zero-order valence-electron chi connectivity index (χ0n) is 11.9. The molecule has 2 fully saturated rings. The summed E-state index contributed by atoms with van der Waals surface area (Å²) in [6.45, 7) is 2.02. The maximum atomic E-state index is 12.3. The Kier molecular flexibility index (Phi) is 4.26. The van der Waals surface area contributed by atoms with Gasteiger partial charge in [-0.3, -0.25) is 4.79 Å². The number of nitrogens with one attached hydrogen (secondary N) is 1. The average molecular weight is 355 g/mol. The highest BCUT2D eigenvalue weighted by atomic mass is 35.5. The van der Waals surface area contributed by atoms with Crippen LogP contribution >= 0.6 is 11.6 Å². The summed E-state index contributed by atoms with van der Waals surface area (Å²) >= 11 is 5.24. The van der Waals surface area contributed by atoms with Crippen LogP contribution in [0.4, 0.5) is 4.79 Å². The van der Waals surface area contributed by atoms with Crippen LogP contribution in [0.5, 0.6) is 0 Å². The molecule has 9 nitrogen and oxygen atoms in total. The second kappa shape index (κ2) is 5.58. The van der Waals surface area contributed by atoms with E-state index in [1.165, 1.54) is 13.8 Å². The molecule has 2 heterocycles. The Morgan fingerprint density at radius 2 is 2.05 bits per heavy atom. The molecule has 2 amide bonds. The lowest BCUT2D eigenvalue weighted by molar-refractivity contribution is -0.167. The fourth-order valence-electron chi connectivity index (χ4n) is 2.53. The summed E-state index contributed by atoms with van der Waals surface area (Å²) in [6.07, 6.45) is -1.02. The molecule has 0 unspecified atom stereocenters. The van der Waals surface area contributed by atoms with Crippen LogP contribution in [0.1, 0.15) is 20.3 Å². The monoisotopic (exact) mass is 354 g/mol. The highest BCUT2D eigenvalue weighted by Crippen LogP contribution is 2.45. The Morgan fingerprint density at radius 1 is 1.41 bits per heavy atom. The van der Waals surface area contributed by atoms with E-state index in [1.54, 1.807) is 0 Å². The van der Waals surface area contributed by atoms with Crippen LogP contribution < -0.4 is 5.32 Å². The molecule has 124 valence electrons. The smallest absolute Gasteiger partial charge is 0.410 e. The SMILES string of the molecule is CC1(C)[C@H](C(=O)OCOC(=O)NCCl)N2C(=O)C[C@H]2S1(=O)=O.